The number of halogens is 1. The fourth-order valence-corrected chi connectivity index (χ4v) is 5.45. The summed E-state index contributed by atoms with van der Waals surface area (Å²) in [5.74, 6) is -0.347. The van der Waals surface area contributed by atoms with Gasteiger partial charge in [-0.1, -0.05) is 29.8 Å². The van der Waals surface area contributed by atoms with E-state index in [1.54, 1.807) is 36.4 Å². The molecule has 0 N–H and O–H groups in total. The van der Waals surface area contributed by atoms with Gasteiger partial charge < -0.3 is 0 Å². The Morgan fingerprint density at radius 2 is 1.77 bits per heavy atom. The zero-order valence-corrected chi connectivity index (χ0v) is 15.4. The van der Waals surface area contributed by atoms with E-state index in [2.05, 4.69) is 6.07 Å². The van der Waals surface area contributed by atoms with Crippen molar-refractivity contribution in [3.8, 4) is 6.07 Å². The highest BCUT2D eigenvalue weighted by molar-refractivity contribution is 7.89. The lowest BCUT2D eigenvalue weighted by Gasteiger charge is -2.29. The second-order valence-electron chi connectivity index (χ2n) is 6.64. The molecular formula is C20H21FN2O2S. The lowest BCUT2D eigenvalue weighted by Crippen LogP contribution is -2.37. The van der Waals surface area contributed by atoms with Crippen molar-refractivity contribution in [1.29, 1.82) is 5.26 Å². The molecule has 2 atom stereocenters. The number of hydrogen-bond acceptors (Lipinski definition) is 3. The molecule has 136 valence electrons. The first kappa shape index (κ1) is 18.6. The molecule has 0 radical (unpaired) electrons. The van der Waals surface area contributed by atoms with E-state index >= 15 is 0 Å². The molecule has 1 aliphatic heterocycles. The molecule has 0 aliphatic carbocycles. The van der Waals surface area contributed by atoms with Crippen molar-refractivity contribution in [3.05, 3.63) is 65.5 Å². The molecule has 26 heavy (non-hydrogen) atoms. The van der Waals surface area contributed by atoms with E-state index in [-0.39, 0.29) is 22.8 Å². The van der Waals surface area contributed by atoms with Crippen LogP contribution in [-0.4, -0.2) is 18.8 Å². The molecule has 2 aromatic carbocycles. The molecule has 6 heteroatoms. The smallest absolute Gasteiger partial charge is 0.207 e. The Kier molecular flexibility index (Phi) is 5.40. The zero-order valence-electron chi connectivity index (χ0n) is 14.6. The Labute approximate surface area is 153 Å². The minimum atomic E-state index is -3.71. The van der Waals surface area contributed by atoms with Crippen molar-refractivity contribution in [1.82, 2.24) is 4.31 Å². The third-order valence-electron chi connectivity index (χ3n) is 4.88. The van der Waals surface area contributed by atoms with E-state index in [1.807, 2.05) is 6.92 Å². The van der Waals surface area contributed by atoms with Crippen LogP contribution in [0.2, 0.25) is 0 Å². The van der Waals surface area contributed by atoms with Crippen LogP contribution in [0.4, 0.5) is 4.39 Å². The van der Waals surface area contributed by atoms with Gasteiger partial charge in [0.25, 0.3) is 0 Å². The van der Waals surface area contributed by atoms with Crippen molar-refractivity contribution >= 4 is 10.0 Å². The number of nitriles is 1. The van der Waals surface area contributed by atoms with Gasteiger partial charge in [0.1, 0.15) is 5.82 Å². The molecule has 1 saturated heterocycles. The molecule has 0 saturated carbocycles. The van der Waals surface area contributed by atoms with Crippen LogP contribution >= 0.6 is 0 Å². The summed E-state index contributed by atoms with van der Waals surface area (Å²) < 4.78 is 41.5. The maximum atomic E-state index is 13.3. The van der Waals surface area contributed by atoms with Crippen LogP contribution in [0.3, 0.4) is 0 Å². The van der Waals surface area contributed by atoms with Gasteiger partial charge in [0, 0.05) is 12.5 Å². The first-order valence-electron chi connectivity index (χ1n) is 8.66. The second-order valence-corrected chi connectivity index (χ2v) is 8.49. The monoisotopic (exact) mass is 372 g/mol. The molecule has 2 aromatic rings. The molecule has 0 amide bonds. The number of hydrogen-bond donors (Lipinski definition) is 0. The van der Waals surface area contributed by atoms with Gasteiger partial charge in [0.05, 0.1) is 17.0 Å². The van der Waals surface area contributed by atoms with E-state index in [0.29, 0.717) is 25.7 Å². The lowest BCUT2D eigenvalue weighted by molar-refractivity contribution is 0.315. The van der Waals surface area contributed by atoms with Crippen molar-refractivity contribution in [3.63, 3.8) is 0 Å². The minimum absolute atomic E-state index is 0.226. The highest BCUT2D eigenvalue weighted by Gasteiger charge is 2.42. The minimum Gasteiger partial charge on any atom is -0.207 e. The molecule has 0 aromatic heterocycles. The summed E-state index contributed by atoms with van der Waals surface area (Å²) in [7, 11) is -3.71. The normalized spacial score (nSPS) is 20.8. The van der Waals surface area contributed by atoms with Gasteiger partial charge >= 0.3 is 0 Å². The molecule has 1 heterocycles. The summed E-state index contributed by atoms with van der Waals surface area (Å²) in [5.41, 5.74) is 1.77. The van der Waals surface area contributed by atoms with E-state index in [0.717, 1.165) is 11.1 Å². The molecular weight excluding hydrogens is 351 g/mol. The summed E-state index contributed by atoms with van der Waals surface area (Å²) in [6.45, 7) is 1.91. The fraction of sp³-hybridized carbons (Fsp3) is 0.350. The van der Waals surface area contributed by atoms with Crippen LogP contribution in [-0.2, 0) is 10.0 Å². The number of sulfonamides is 1. The Morgan fingerprint density at radius 3 is 2.38 bits per heavy atom. The third-order valence-corrected chi connectivity index (χ3v) is 6.86. The SMILES string of the molecule is Cc1ccc(S(=O)(=O)N2[C@@H](CCC#N)CC[C@H]2c2ccc(F)cc2)cc1. The Morgan fingerprint density at radius 1 is 1.12 bits per heavy atom. The average Bonchev–Trinajstić information content (AvgIpc) is 3.05. The average molecular weight is 372 g/mol. The van der Waals surface area contributed by atoms with Crippen LogP contribution in [0.25, 0.3) is 0 Å². The summed E-state index contributed by atoms with van der Waals surface area (Å²) in [6, 6.07) is 14.3. The molecule has 4 nitrogen and oxygen atoms in total. The van der Waals surface area contributed by atoms with E-state index in [1.165, 1.54) is 16.4 Å². The summed E-state index contributed by atoms with van der Waals surface area (Å²) in [5, 5.41) is 8.92. The van der Waals surface area contributed by atoms with Crippen LogP contribution in [0, 0.1) is 24.1 Å². The predicted molar refractivity (Wildman–Crippen MR) is 97.2 cm³/mol. The van der Waals surface area contributed by atoms with Crippen molar-refractivity contribution in [2.75, 3.05) is 0 Å². The van der Waals surface area contributed by atoms with Crippen LogP contribution in [0.1, 0.15) is 42.9 Å². The Bertz CT molecular complexity index is 902. The first-order valence-corrected chi connectivity index (χ1v) is 10.1. The quantitative estimate of drug-likeness (QED) is 0.785. The Hall–Kier alpha value is -2.23. The molecule has 0 unspecified atom stereocenters. The third kappa shape index (κ3) is 3.64. The number of nitrogens with zero attached hydrogens (tertiary/aromatic N) is 2. The molecule has 0 bridgehead atoms. The summed E-state index contributed by atoms with van der Waals surface area (Å²) in [4.78, 5) is 0.249. The zero-order chi connectivity index (χ0) is 18.7. The molecule has 1 aliphatic rings. The van der Waals surface area contributed by atoms with Gasteiger partial charge in [0.15, 0.2) is 0 Å². The molecule has 3 rings (SSSR count). The Balaban J connectivity index is 2.01. The van der Waals surface area contributed by atoms with Crippen molar-refractivity contribution in [2.24, 2.45) is 0 Å². The van der Waals surface area contributed by atoms with E-state index in [9.17, 15) is 12.8 Å². The topological polar surface area (TPSA) is 61.2 Å². The number of aryl methyl sites for hydroxylation is 1. The fourth-order valence-electron chi connectivity index (χ4n) is 3.56. The van der Waals surface area contributed by atoms with Crippen LogP contribution < -0.4 is 0 Å². The lowest BCUT2D eigenvalue weighted by atomic mass is 10.1. The second kappa shape index (κ2) is 7.56. The van der Waals surface area contributed by atoms with Gasteiger partial charge in [0.2, 0.25) is 10.0 Å². The van der Waals surface area contributed by atoms with Crippen LogP contribution in [0.5, 0.6) is 0 Å². The highest BCUT2D eigenvalue weighted by atomic mass is 32.2. The van der Waals surface area contributed by atoms with Crippen molar-refractivity contribution < 1.29 is 12.8 Å². The van der Waals surface area contributed by atoms with E-state index in [4.69, 9.17) is 5.26 Å². The predicted octanol–water partition coefficient (Wildman–Crippen LogP) is 4.33. The summed E-state index contributed by atoms with van der Waals surface area (Å²) >= 11 is 0. The van der Waals surface area contributed by atoms with Crippen LogP contribution in [0.15, 0.2) is 53.4 Å². The van der Waals surface area contributed by atoms with Gasteiger partial charge in [-0.15, -0.1) is 0 Å². The van der Waals surface area contributed by atoms with Gasteiger partial charge in [-0.3, -0.25) is 0 Å². The number of rotatable bonds is 5. The molecule has 1 fully saturated rings. The van der Waals surface area contributed by atoms with Gasteiger partial charge in [-0.25, -0.2) is 12.8 Å². The largest absolute Gasteiger partial charge is 0.243 e. The molecule has 0 spiro atoms. The van der Waals surface area contributed by atoms with Crippen molar-refractivity contribution in [2.45, 2.75) is 49.6 Å². The summed E-state index contributed by atoms with van der Waals surface area (Å²) in [6.07, 6.45) is 2.15. The number of benzene rings is 2. The van der Waals surface area contributed by atoms with E-state index < -0.39 is 10.0 Å². The maximum absolute atomic E-state index is 13.3. The maximum Gasteiger partial charge on any atom is 0.243 e. The first-order chi connectivity index (χ1) is 12.4. The van der Waals surface area contributed by atoms with Gasteiger partial charge in [-0.2, -0.15) is 9.57 Å². The van der Waals surface area contributed by atoms with Gasteiger partial charge in [-0.05, 0) is 56.0 Å². The highest BCUT2D eigenvalue weighted by Crippen LogP contribution is 2.41. The standard InChI is InChI=1S/C20H21FN2O2S/c1-15-4-11-19(12-5-15)26(24,25)23-18(3-2-14-22)10-13-20(23)16-6-8-17(21)9-7-16/h4-9,11-12,18,20H,2-3,10,13H2,1H3/t18-,20-/m0/s1.